The van der Waals surface area contributed by atoms with Crippen molar-refractivity contribution >= 4 is 35.8 Å². The maximum absolute atomic E-state index is 12.2. The number of nitrogens with zero attached hydrogens (tertiary/aromatic N) is 3. The summed E-state index contributed by atoms with van der Waals surface area (Å²) in [7, 11) is 4.05. The molecular weight excluding hydrogens is 457 g/mol. The summed E-state index contributed by atoms with van der Waals surface area (Å²) in [5.41, 5.74) is 0. The molecule has 0 aliphatic carbocycles. The Bertz CT molecular complexity index is 589. The molecule has 2 N–H and O–H groups in total. The van der Waals surface area contributed by atoms with Crippen LogP contribution in [0.25, 0.3) is 0 Å². The van der Waals surface area contributed by atoms with E-state index in [4.69, 9.17) is 9.41 Å². The van der Waals surface area contributed by atoms with Crippen LogP contribution in [0.2, 0.25) is 0 Å². The van der Waals surface area contributed by atoms with Gasteiger partial charge in [-0.15, -0.1) is 24.0 Å². The smallest absolute Gasteiger partial charge is 0.225 e. The van der Waals surface area contributed by atoms with Crippen LogP contribution < -0.4 is 10.6 Å². The summed E-state index contributed by atoms with van der Waals surface area (Å²) in [5, 5.41) is 6.78. The normalized spacial score (nSPS) is 18.6. The van der Waals surface area contributed by atoms with E-state index in [9.17, 15) is 4.79 Å². The van der Waals surface area contributed by atoms with E-state index in [0.29, 0.717) is 6.54 Å². The van der Waals surface area contributed by atoms with E-state index in [1.807, 2.05) is 45.0 Å². The average Bonchev–Trinajstić information content (AvgIpc) is 3.26. The fraction of sp³-hybridized carbons (Fsp3) is 0.684. The Hall–Kier alpha value is -1.29. The van der Waals surface area contributed by atoms with Crippen LogP contribution in [0, 0.1) is 5.92 Å². The lowest BCUT2D eigenvalue weighted by Gasteiger charge is -2.22. The van der Waals surface area contributed by atoms with Crippen LogP contribution in [0.5, 0.6) is 0 Å². The SMILES string of the molecule is CCNC(=NCC(c1ccco1)N(C)C)NC1CCN(C(=O)C(C)C)C1.I. The molecule has 1 aliphatic rings. The van der Waals surface area contributed by atoms with Crippen LogP contribution in [0.3, 0.4) is 0 Å². The highest BCUT2D eigenvalue weighted by Crippen LogP contribution is 2.19. The molecule has 0 radical (unpaired) electrons. The highest BCUT2D eigenvalue weighted by atomic mass is 127. The average molecular weight is 491 g/mol. The molecule has 1 saturated heterocycles. The maximum Gasteiger partial charge on any atom is 0.225 e. The molecule has 0 aromatic carbocycles. The Morgan fingerprint density at radius 1 is 1.44 bits per heavy atom. The number of nitrogens with one attached hydrogen (secondary N) is 2. The molecule has 1 amide bonds. The van der Waals surface area contributed by atoms with E-state index < -0.39 is 0 Å². The first-order chi connectivity index (χ1) is 12.4. The van der Waals surface area contributed by atoms with Gasteiger partial charge in [-0.05, 0) is 39.6 Å². The fourth-order valence-electron chi connectivity index (χ4n) is 3.12. The third-order valence-corrected chi connectivity index (χ3v) is 4.60. The number of carbonyl (C=O) groups excluding carboxylic acids is 1. The van der Waals surface area contributed by atoms with Crippen molar-refractivity contribution in [3.05, 3.63) is 24.2 Å². The van der Waals surface area contributed by atoms with Gasteiger partial charge in [-0.2, -0.15) is 0 Å². The summed E-state index contributed by atoms with van der Waals surface area (Å²) < 4.78 is 5.55. The number of guanidine groups is 1. The van der Waals surface area contributed by atoms with E-state index in [-0.39, 0.29) is 47.9 Å². The minimum absolute atomic E-state index is 0. The molecule has 0 bridgehead atoms. The lowest BCUT2D eigenvalue weighted by Crippen LogP contribution is -2.45. The van der Waals surface area contributed by atoms with Gasteiger partial charge in [-0.25, -0.2) is 0 Å². The highest BCUT2D eigenvalue weighted by molar-refractivity contribution is 14.0. The predicted octanol–water partition coefficient (Wildman–Crippen LogP) is 2.31. The van der Waals surface area contributed by atoms with Gasteiger partial charge in [-0.1, -0.05) is 13.8 Å². The molecule has 2 heterocycles. The molecule has 7 nitrogen and oxygen atoms in total. The number of hydrogen-bond donors (Lipinski definition) is 2. The highest BCUT2D eigenvalue weighted by Gasteiger charge is 2.28. The Balaban J connectivity index is 0.00000364. The quantitative estimate of drug-likeness (QED) is 0.348. The van der Waals surface area contributed by atoms with Gasteiger partial charge in [0.05, 0.1) is 18.8 Å². The molecule has 1 fully saturated rings. The fourth-order valence-corrected chi connectivity index (χ4v) is 3.12. The molecule has 0 spiro atoms. The monoisotopic (exact) mass is 491 g/mol. The van der Waals surface area contributed by atoms with Crippen LogP contribution >= 0.6 is 24.0 Å². The molecule has 27 heavy (non-hydrogen) atoms. The van der Waals surface area contributed by atoms with Crippen LogP contribution in [0.1, 0.15) is 39.0 Å². The summed E-state index contributed by atoms with van der Waals surface area (Å²) in [6.45, 7) is 8.88. The number of carbonyl (C=O) groups is 1. The summed E-state index contributed by atoms with van der Waals surface area (Å²) in [6, 6.07) is 4.20. The maximum atomic E-state index is 12.2. The van der Waals surface area contributed by atoms with Gasteiger partial charge < -0.3 is 20.0 Å². The number of amides is 1. The number of furan rings is 1. The number of rotatable bonds is 7. The van der Waals surface area contributed by atoms with E-state index in [1.54, 1.807) is 6.26 Å². The van der Waals surface area contributed by atoms with E-state index in [1.165, 1.54) is 0 Å². The van der Waals surface area contributed by atoms with E-state index in [0.717, 1.165) is 37.8 Å². The van der Waals surface area contributed by atoms with Crippen molar-refractivity contribution < 1.29 is 9.21 Å². The lowest BCUT2D eigenvalue weighted by molar-refractivity contribution is -0.133. The molecule has 154 valence electrons. The second-order valence-corrected chi connectivity index (χ2v) is 7.28. The zero-order valence-corrected chi connectivity index (χ0v) is 19.4. The first-order valence-electron chi connectivity index (χ1n) is 9.45. The molecule has 1 aromatic rings. The van der Waals surface area contributed by atoms with Crippen LogP contribution in [-0.2, 0) is 4.79 Å². The Labute approximate surface area is 180 Å². The number of halogens is 1. The summed E-state index contributed by atoms with van der Waals surface area (Å²) in [4.78, 5) is 21.0. The van der Waals surface area contributed by atoms with Gasteiger partial charge in [0.1, 0.15) is 5.76 Å². The topological polar surface area (TPSA) is 73.1 Å². The van der Waals surface area contributed by atoms with Gasteiger partial charge in [-0.3, -0.25) is 14.7 Å². The van der Waals surface area contributed by atoms with Gasteiger partial charge in [0, 0.05) is 31.6 Å². The largest absolute Gasteiger partial charge is 0.468 e. The zero-order chi connectivity index (χ0) is 19.1. The summed E-state index contributed by atoms with van der Waals surface area (Å²) in [5.74, 6) is 1.96. The zero-order valence-electron chi connectivity index (χ0n) is 17.1. The molecule has 0 saturated carbocycles. The molecule has 2 rings (SSSR count). The molecule has 2 atom stereocenters. The first kappa shape index (κ1) is 23.7. The van der Waals surface area contributed by atoms with Crippen molar-refractivity contribution in [1.29, 1.82) is 0 Å². The van der Waals surface area contributed by atoms with Crippen molar-refractivity contribution in [3.63, 3.8) is 0 Å². The van der Waals surface area contributed by atoms with Gasteiger partial charge in [0.2, 0.25) is 5.91 Å². The standard InChI is InChI=1S/C19H33N5O2.HI/c1-6-20-19(21-12-16(23(4)5)17-8-7-11-26-17)22-15-9-10-24(13-15)18(25)14(2)3;/h7-8,11,14-16H,6,9-10,12-13H2,1-5H3,(H2,20,21,22);1H. The number of likely N-dealkylation sites (N-methyl/N-ethyl adjacent to an activating group) is 1. The van der Waals surface area contributed by atoms with Crippen molar-refractivity contribution in [1.82, 2.24) is 20.4 Å². The van der Waals surface area contributed by atoms with Crippen LogP contribution in [-0.4, -0.2) is 68.0 Å². The van der Waals surface area contributed by atoms with Crippen LogP contribution in [0.15, 0.2) is 27.8 Å². The van der Waals surface area contributed by atoms with Gasteiger partial charge >= 0.3 is 0 Å². The third kappa shape index (κ3) is 6.99. The predicted molar refractivity (Wildman–Crippen MR) is 119 cm³/mol. The third-order valence-electron chi connectivity index (χ3n) is 4.60. The molecule has 1 aromatic heterocycles. The van der Waals surface area contributed by atoms with Crippen molar-refractivity contribution in [3.8, 4) is 0 Å². The van der Waals surface area contributed by atoms with Crippen molar-refractivity contribution in [2.75, 3.05) is 40.3 Å². The molecule has 1 aliphatic heterocycles. The van der Waals surface area contributed by atoms with Crippen molar-refractivity contribution in [2.45, 2.75) is 39.3 Å². The number of aliphatic imine (C=N–C) groups is 1. The number of likely N-dealkylation sites (tertiary alicyclic amines) is 1. The van der Waals surface area contributed by atoms with Gasteiger partial charge in [0.25, 0.3) is 0 Å². The summed E-state index contributed by atoms with van der Waals surface area (Å²) in [6.07, 6.45) is 2.63. The minimum atomic E-state index is 0. The van der Waals surface area contributed by atoms with Crippen LogP contribution in [0.4, 0.5) is 0 Å². The van der Waals surface area contributed by atoms with E-state index >= 15 is 0 Å². The minimum Gasteiger partial charge on any atom is -0.468 e. The lowest BCUT2D eigenvalue weighted by atomic mass is 10.2. The Kier molecular flexibility index (Phi) is 10.1. The summed E-state index contributed by atoms with van der Waals surface area (Å²) >= 11 is 0. The second kappa shape index (κ2) is 11.5. The first-order valence-corrected chi connectivity index (χ1v) is 9.45. The molecule has 2 unspecified atom stereocenters. The van der Waals surface area contributed by atoms with E-state index in [2.05, 4.69) is 22.5 Å². The number of hydrogen-bond acceptors (Lipinski definition) is 4. The molecular formula is C19H34IN5O2. The molecule has 8 heteroatoms. The second-order valence-electron chi connectivity index (χ2n) is 7.28. The van der Waals surface area contributed by atoms with Crippen molar-refractivity contribution in [2.24, 2.45) is 10.9 Å². The Morgan fingerprint density at radius 2 is 2.19 bits per heavy atom. The van der Waals surface area contributed by atoms with Gasteiger partial charge in [0.15, 0.2) is 5.96 Å². The Morgan fingerprint density at radius 3 is 2.74 bits per heavy atom.